The molecule has 0 radical (unpaired) electrons. The molecular weight excluding hydrogens is 764 g/mol. The van der Waals surface area contributed by atoms with E-state index in [9.17, 15) is 25.2 Å². The number of piperazine rings is 1. The van der Waals surface area contributed by atoms with Crippen LogP contribution in [-0.4, -0.2) is 117 Å². The van der Waals surface area contributed by atoms with Gasteiger partial charge in [-0.3, -0.25) is 15.2 Å². The lowest BCUT2D eigenvalue weighted by molar-refractivity contribution is -0.159. The van der Waals surface area contributed by atoms with Gasteiger partial charge in [0.1, 0.15) is 36.4 Å². The molecule has 7 N–H and O–H groups in total. The molecule has 19 heteroatoms. The van der Waals surface area contributed by atoms with Gasteiger partial charge in [-0.05, 0) is 69.3 Å². The van der Waals surface area contributed by atoms with Gasteiger partial charge in [-0.2, -0.15) is 10.1 Å². The first-order valence-corrected chi connectivity index (χ1v) is 20.4. The standard InChI is InChI=1S/C40H49FN12O6/c1-22-17-24(45-40(58)46-28-21-42-31-10-11-44-53(31)35(28)23-5-2-3-6-23)20-43-34(22)36-48-33(59-49-36)7-4-12-50-13-15-51(16-14-50)30-19-26-25(18-27(30)41)38(56)52(39(26)57)29-8-9-32(54)47-37(29)55/h10-11,17-21,23,29,32,37-39,47,54-57H,2-9,12-16H2,1H3,(H2,45,46,58). The summed E-state index contributed by atoms with van der Waals surface area (Å²) in [4.78, 5) is 32.3. The summed E-state index contributed by atoms with van der Waals surface area (Å²) < 4.78 is 22.9. The summed E-state index contributed by atoms with van der Waals surface area (Å²) in [6, 6.07) is 5.47. The minimum Gasteiger partial charge on any atom is -0.379 e. The molecule has 3 aliphatic heterocycles. The number of aliphatic hydroxyl groups excluding tert-OH is 4. The predicted octanol–water partition coefficient (Wildman–Crippen LogP) is 3.36. The molecular formula is C40H49FN12O6. The van der Waals surface area contributed by atoms with Crippen LogP contribution in [0.25, 0.3) is 17.2 Å². The predicted molar refractivity (Wildman–Crippen MR) is 212 cm³/mol. The number of piperidine rings is 1. The van der Waals surface area contributed by atoms with Crippen molar-refractivity contribution in [3.05, 3.63) is 76.9 Å². The average Bonchev–Trinajstić information content (AvgIpc) is 4.05. The van der Waals surface area contributed by atoms with Gasteiger partial charge in [0.15, 0.2) is 5.65 Å². The SMILES string of the molecule is Cc1cc(NC(=O)Nc2cnc3ccnn3c2C2CCCC2)cnc1-c1noc(CCCN2CCN(c3cc4c(cc3F)C(O)N(C3CCC(O)NC3O)C4O)CC2)n1. The Morgan fingerprint density at radius 3 is 2.51 bits per heavy atom. The van der Waals surface area contributed by atoms with Crippen molar-refractivity contribution in [3.63, 3.8) is 0 Å². The molecule has 5 atom stereocenters. The van der Waals surface area contributed by atoms with E-state index >= 15 is 4.39 Å². The van der Waals surface area contributed by atoms with Gasteiger partial charge in [0, 0.05) is 55.7 Å². The molecule has 7 heterocycles. The highest BCUT2D eigenvalue weighted by Gasteiger charge is 2.45. The van der Waals surface area contributed by atoms with Crippen LogP contribution in [0.4, 0.5) is 26.2 Å². The van der Waals surface area contributed by atoms with Gasteiger partial charge in [0.25, 0.3) is 0 Å². The highest BCUT2D eigenvalue weighted by Crippen LogP contribution is 2.45. The fraction of sp³-hybridized carbons (Fsp3) is 0.500. The van der Waals surface area contributed by atoms with Gasteiger partial charge < -0.3 is 40.5 Å². The topological polar surface area (TPSA) is 226 Å². The Labute approximate surface area is 339 Å². The lowest BCUT2D eigenvalue weighted by Crippen LogP contribution is -2.57. The highest BCUT2D eigenvalue weighted by molar-refractivity contribution is 6.00. The second-order valence-electron chi connectivity index (χ2n) is 16.0. The number of amides is 2. The summed E-state index contributed by atoms with van der Waals surface area (Å²) in [6.45, 7) is 5.19. The van der Waals surface area contributed by atoms with Gasteiger partial charge in [0.2, 0.25) is 11.7 Å². The Bertz CT molecular complexity index is 2310. The van der Waals surface area contributed by atoms with Gasteiger partial charge in [-0.1, -0.05) is 18.0 Å². The first-order valence-electron chi connectivity index (χ1n) is 20.4. The number of benzene rings is 1. The van der Waals surface area contributed by atoms with E-state index in [0.717, 1.165) is 55.6 Å². The minimum atomic E-state index is -1.29. The second-order valence-corrected chi connectivity index (χ2v) is 16.0. The van der Waals surface area contributed by atoms with E-state index in [1.807, 2.05) is 28.5 Å². The molecule has 0 bridgehead atoms. The van der Waals surface area contributed by atoms with E-state index in [1.165, 1.54) is 11.0 Å². The highest BCUT2D eigenvalue weighted by atomic mass is 19.1. The van der Waals surface area contributed by atoms with Crippen LogP contribution in [0.3, 0.4) is 0 Å². The summed E-state index contributed by atoms with van der Waals surface area (Å²) >= 11 is 0. The average molecular weight is 813 g/mol. The quantitative estimate of drug-likeness (QED) is 0.107. The van der Waals surface area contributed by atoms with Crippen molar-refractivity contribution in [2.45, 2.75) is 95.2 Å². The van der Waals surface area contributed by atoms with Gasteiger partial charge in [-0.25, -0.2) is 23.6 Å². The maximum atomic E-state index is 15.5. The summed E-state index contributed by atoms with van der Waals surface area (Å²) in [5, 5.41) is 59.6. The second kappa shape index (κ2) is 16.5. The molecule has 4 aromatic heterocycles. The number of aliphatic hydroxyl groups is 4. The van der Waals surface area contributed by atoms with E-state index in [1.54, 1.807) is 24.7 Å². The zero-order valence-corrected chi connectivity index (χ0v) is 32.7. The molecule has 1 aromatic carbocycles. The number of pyridine rings is 1. The molecule has 1 saturated carbocycles. The van der Waals surface area contributed by atoms with E-state index < -0.39 is 42.8 Å². The number of rotatable bonds is 10. The number of halogens is 1. The summed E-state index contributed by atoms with van der Waals surface area (Å²) in [6.07, 6.45) is 6.80. The molecule has 59 heavy (non-hydrogen) atoms. The molecule has 1 aliphatic carbocycles. The molecule has 2 amide bonds. The van der Waals surface area contributed by atoms with E-state index in [-0.39, 0.29) is 5.56 Å². The van der Waals surface area contributed by atoms with Gasteiger partial charge >= 0.3 is 6.03 Å². The van der Waals surface area contributed by atoms with Crippen molar-refractivity contribution in [3.8, 4) is 11.5 Å². The number of fused-ring (bicyclic) bond motifs is 2. The third kappa shape index (κ3) is 7.86. The van der Waals surface area contributed by atoms with Crippen LogP contribution in [0, 0.1) is 12.7 Å². The van der Waals surface area contributed by atoms with Gasteiger partial charge in [-0.15, -0.1) is 0 Å². The molecule has 5 unspecified atom stereocenters. The fourth-order valence-electron chi connectivity index (χ4n) is 9.15. The smallest absolute Gasteiger partial charge is 0.323 e. The molecule has 4 aliphatic rings. The molecule has 312 valence electrons. The van der Waals surface area contributed by atoms with Crippen molar-refractivity contribution in [2.24, 2.45) is 0 Å². The Morgan fingerprint density at radius 1 is 0.966 bits per heavy atom. The number of hydrogen-bond acceptors (Lipinski definition) is 15. The van der Waals surface area contributed by atoms with Crippen molar-refractivity contribution < 1.29 is 34.1 Å². The number of aromatic nitrogens is 6. The van der Waals surface area contributed by atoms with Crippen LogP contribution < -0.4 is 20.9 Å². The Balaban J connectivity index is 0.758. The van der Waals surface area contributed by atoms with Crippen LogP contribution in [0.1, 0.15) is 91.6 Å². The summed E-state index contributed by atoms with van der Waals surface area (Å²) in [5.41, 5.74) is 5.21. The number of urea groups is 1. The van der Waals surface area contributed by atoms with Crippen LogP contribution in [0.2, 0.25) is 0 Å². The van der Waals surface area contributed by atoms with Crippen LogP contribution in [0.5, 0.6) is 0 Å². The number of carbonyl (C=O) groups excluding carboxylic acids is 1. The van der Waals surface area contributed by atoms with Crippen molar-refractivity contribution in [1.82, 2.24) is 44.8 Å². The number of nitrogens with one attached hydrogen (secondary N) is 3. The number of aryl methyl sites for hydroxylation is 2. The molecule has 2 saturated heterocycles. The van der Waals surface area contributed by atoms with Crippen LogP contribution in [0.15, 0.2) is 47.4 Å². The molecule has 9 rings (SSSR count). The zero-order valence-electron chi connectivity index (χ0n) is 32.7. The van der Waals surface area contributed by atoms with E-state index in [2.05, 4.69) is 46.1 Å². The third-order valence-electron chi connectivity index (χ3n) is 12.2. The monoisotopic (exact) mass is 812 g/mol. The molecule has 3 fully saturated rings. The molecule has 0 spiro atoms. The summed E-state index contributed by atoms with van der Waals surface area (Å²) in [5.74, 6) is 0.670. The lowest BCUT2D eigenvalue weighted by atomic mass is 10.0. The van der Waals surface area contributed by atoms with E-state index in [0.29, 0.717) is 91.4 Å². The normalized spacial score (nSPS) is 24.2. The van der Waals surface area contributed by atoms with Crippen molar-refractivity contribution >= 4 is 28.7 Å². The van der Waals surface area contributed by atoms with Crippen molar-refractivity contribution in [1.29, 1.82) is 0 Å². The lowest BCUT2D eigenvalue weighted by Gasteiger charge is -2.40. The summed E-state index contributed by atoms with van der Waals surface area (Å²) in [7, 11) is 0. The molecule has 5 aromatic rings. The Hall–Kier alpha value is -5.15. The zero-order chi connectivity index (χ0) is 40.8. The number of nitrogens with zero attached hydrogens (tertiary/aromatic N) is 9. The third-order valence-corrected chi connectivity index (χ3v) is 12.2. The first kappa shape index (κ1) is 39.3. The van der Waals surface area contributed by atoms with Gasteiger partial charge in [0.05, 0.1) is 47.4 Å². The number of carbonyl (C=O) groups is 1. The first-order chi connectivity index (χ1) is 28.6. The number of hydrogen-bond donors (Lipinski definition) is 7. The Morgan fingerprint density at radius 2 is 1.75 bits per heavy atom. The maximum Gasteiger partial charge on any atom is 0.323 e. The fourth-order valence-corrected chi connectivity index (χ4v) is 9.15. The number of anilines is 3. The van der Waals surface area contributed by atoms with E-state index in [4.69, 9.17) is 4.52 Å². The minimum absolute atomic E-state index is 0.270. The Kier molecular flexibility index (Phi) is 11.0. The largest absolute Gasteiger partial charge is 0.379 e. The maximum absolute atomic E-state index is 15.5. The van der Waals surface area contributed by atoms with Crippen LogP contribution >= 0.6 is 0 Å². The molecule has 18 nitrogen and oxygen atoms in total. The van der Waals surface area contributed by atoms with Crippen molar-refractivity contribution in [2.75, 3.05) is 48.3 Å². The van der Waals surface area contributed by atoms with Crippen LogP contribution in [-0.2, 0) is 6.42 Å².